The van der Waals surface area contributed by atoms with E-state index in [4.69, 9.17) is 5.11 Å². The molecule has 9 nitrogen and oxygen atoms in total. The summed E-state index contributed by atoms with van der Waals surface area (Å²) < 4.78 is 2.07. The number of carboxylic acids is 1. The molecular formula is C13H15N5O4S2. The van der Waals surface area contributed by atoms with E-state index in [9.17, 15) is 14.7 Å². The van der Waals surface area contributed by atoms with Crippen molar-refractivity contribution in [2.24, 2.45) is 11.0 Å². The molecule has 1 fully saturated rings. The third kappa shape index (κ3) is 3.06. The summed E-state index contributed by atoms with van der Waals surface area (Å²) in [5.41, 5.74) is 0.802. The van der Waals surface area contributed by atoms with Gasteiger partial charge in [-0.2, -0.15) is 5.10 Å². The number of thioether (sulfide) groups is 2. The lowest BCUT2D eigenvalue weighted by Crippen LogP contribution is -2.57. The Bertz CT molecular complexity index is 718. The molecule has 0 aromatic carbocycles. The number of β-lactam (4-membered cyclic amide) rings is 1. The number of aromatic nitrogens is 3. The molecule has 0 aliphatic carbocycles. The zero-order valence-corrected chi connectivity index (χ0v) is 14.3. The maximum Gasteiger partial charge on any atom is 0.354 e. The first kappa shape index (κ1) is 17.0. The number of aliphatic hydroxyl groups excluding tert-OH is 1. The zero-order valence-electron chi connectivity index (χ0n) is 12.7. The summed E-state index contributed by atoms with van der Waals surface area (Å²) in [6.45, 7) is 1.74. The fourth-order valence-corrected chi connectivity index (χ4v) is 5.21. The van der Waals surface area contributed by atoms with Gasteiger partial charge in [-0.05, 0) is 13.3 Å². The van der Waals surface area contributed by atoms with E-state index in [2.05, 4.69) is 15.3 Å². The molecule has 0 saturated carbocycles. The van der Waals surface area contributed by atoms with Gasteiger partial charge in [0.15, 0.2) is 5.70 Å². The third-order valence-corrected chi connectivity index (χ3v) is 6.41. The number of hydrogen-bond donors (Lipinski definition) is 2. The number of carbonyl (C=O) groups excluding carboxylic acids is 1. The number of amides is 1. The molecule has 1 amide bonds. The Morgan fingerprint density at radius 3 is 2.79 bits per heavy atom. The summed E-state index contributed by atoms with van der Waals surface area (Å²) in [5.74, 6) is -1.18. The number of carbonyl (C=O) groups is 2. The van der Waals surface area contributed by atoms with Crippen LogP contribution in [0.1, 0.15) is 13.3 Å². The molecule has 3 heterocycles. The van der Waals surface area contributed by atoms with Crippen LogP contribution in [-0.4, -0.2) is 65.3 Å². The molecule has 2 aliphatic heterocycles. The van der Waals surface area contributed by atoms with Crippen LogP contribution >= 0.6 is 23.5 Å². The van der Waals surface area contributed by atoms with Gasteiger partial charge in [0.2, 0.25) is 5.91 Å². The highest BCUT2D eigenvalue weighted by atomic mass is 32.2. The molecule has 24 heavy (non-hydrogen) atoms. The summed E-state index contributed by atoms with van der Waals surface area (Å²) in [6, 6.07) is 0. The van der Waals surface area contributed by atoms with Gasteiger partial charge in [-0.25, -0.2) is 9.47 Å². The normalized spacial score (nSPS) is 23.5. The summed E-state index contributed by atoms with van der Waals surface area (Å²) in [4.78, 5) is 25.0. The van der Waals surface area contributed by atoms with Gasteiger partial charge in [0.05, 0.1) is 15.5 Å². The fraction of sp³-hybridized carbons (Fsp3) is 0.462. The van der Waals surface area contributed by atoms with E-state index in [0.717, 1.165) is 5.71 Å². The molecule has 128 valence electrons. The van der Waals surface area contributed by atoms with Crippen LogP contribution in [0.5, 0.6) is 0 Å². The highest BCUT2D eigenvalue weighted by Crippen LogP contribution is 2.53. The van der Waals surface area contributed by atoms with Crippen molar-refractivity contribution in [1.82, 2.24) is 19.8 Å². The first-order valence-electron chi connectivity index (χ1n) is 7.13. The van der Waals surface area contributed by atoms with Gasteiger partial charge in [0.1, 0.15) is 12.7 Å². The van der Waals surface area contributed by atoms with Crippen LogP contribution in [0.2, 0.25) is 0 Å². The highest BCUT2D eigenvalue weighted by molar-refractivity contribution is 8.23. The van der Waals surface area contributed by atoms with Gasteiger partial charge in [0.25, 0.3) is 0 Å². The van der Waals surface area contributed by atoms with Crippen molar-refractivity contribution in [2.45, 2.75) is 18.7 Å². The predicted octanol–water partition coefficient (Wildman–Crippen LogP) is 0.403. The average Bonchev–Trinajstić information content (AvgIpc) is 3.16. The van der Waals surface area contributed by atoms with E-state index >= 15 is 0 Å². The van der Waals surface area contributed by atoms with E-state index < -0.39 is 5.97 Å². The lowest BCUT2D eigenvalue weighted by Gasteiger charge is -2.41. The molecule has 2 aliphatic rings. The van der Waals surface area contributed by atoms with Gasteiger partial charge in [0, 0.05) is 18.1 Å². The lowest BCUT2D eigenvalue weighted by molar-refractivity contribution is -0.152. The van der Waals surface area contributed by atoms with Crippen LogP contribution in [0.25, 0.3) is 0 Å². The number of hydrogen-bond acceptors (Lipinski definition) is 8. The van der Waals surface area contributed by atoms with Crippen LogP contribution in [0, 0.1) is 5.92 Å². The van der Waals surface area contributed by atoms with Crippen LogP contribution in [-0.2, 0) is 9.59 Å². The molecule has 0 bridgehead atoms. The predicted molar refractivity (Wildman–Crippen MR) is 89.1 cm³/mol. The largest absolute Gasteiger partial charge is 0.477 e. The van der Waals surface area contributed by atoms with E-state index in [1.54, 1.807) is 0 Å². The van der Waals surface area contributed by atoms with Crippen LogP contribution < -0.4 is 0 Å². The molecule has 1 aromatic heterocycles. The Labute approximate surface area is 145 Å². The second kappa shape index (κ2) is 6.95. The molecule has 2 N–H and O–H groups in total. The lowest BCUT2D eigenvalue weighted by atomic mass is 9.94. The summed E-state index contributed by atoms with van der Waals surface area (Å²) in [7, 11) is 0. The third-order valence-electron chi connectivity index (χ3n) is 3.56. The number of nitrogens with zero attached hydrogens (tertiary/aromatic N) is 5. The van der Waals surface area contributed by atoms with Crippen LogP contribution in [0.3, 0.4) is 0 Å². The van der Waals surface area contributed by atoms with Gasteiger partial charge < -0.3 is 10.2 Å². The molecule has 11 heteroatoms. The topological polar surface area (TPSA) is 121 Å². The molecule has 3 rings (SSSR count). The Morgan fingerprint density at radius 1 is 1.46 bits per heavy atom. The van der Waals surface area contributed by atoms with Gasteiger partial charge in [-0.1, -0.05) is 11.8 Å². The minimum Gasteiger partial charge on any atom is -0.477 e. The van der Waals surface area contributed by atoms with Crippen molar-refractivity contribution in [1.29, 1.82) is 0 Å². The SMILES string of the molecule is CC(CSC1=C(C(=O)O)N2C(=O)[C@H](CCO)[C@H]2S1)=Nn1cnnc1. The van der Waals surface area contributed by atoms with Gasteiger partial charge in [-0.15, -0.1) is 22.0 Å². The van der Waals surface area contributed by atoms with Crippen molar-refractivity contribution in [3.63, 3.8) is 0 Å². The first-order chi connectivity index (χ1) is 11.5. The molecule has 0 unspecified atom stereocenters. The van der Waals surface area contributed by atoms with E-state index in [0.29, 0.717) is 16.4 Å². The number of carboxylic acid groups (broad SMARTS) is 1. The maximum absolute atomic E-state index is 12.1. The minimum atomic E-state index is -1.11. The molecule has 1 aromatic rings. The average molecular weight is 369 g/mol. The summed E-state index contributed by atoms with van der Waals surface area (Å²) >= 11 is 2.71. The summed E-state index contributed by atoms with van der Waals surface area (Å²) in [6.07, 6.45) is 3.28. The Balaban J connectivity index is 1.70. The van der Waals surface area contributed by atoms with Crippen molar-refractivity contribution < 1.29 is 19.8 Å². The van der Waals surface area contributed by atoms with Crippen molar-refractivity contribution in [3.8, 4) is 0 Å². The van der Waals surface area contributed by atoms with E-state index in [1.165, 1.54) is 45.8 Å². The van der Waals surface area contributed by atoms with Gasteiger partial charge >= 0.3 is 5.97 Å². The highest BCUT2D eigenvalue weighted by Gasteiger charge is 2.55. The number of aliphatic hydroxyl groups is 1. The summed E-state index contributed by atoms with van der Waals surface area (Å²) in [5, 5.41) is 29.8. The zero-order chi connectivity index (χ0) is 17.3. The minimum absolute atomic E-state index is 0.0336. The van der Waals surface area contributed by atoms with Crippen molar-refractivity contribution >= 4 is 41.1 Å². The Kier molecular flexibility index (Phi) is 4.92. The second-order valence-electron chi connectivity index (χ2n) is 5.24. The molecular weight excluding hydrogens is 354 g/mol. The van der Waals surface area contributed by atoms with Gasteiger partial charge in [-0.3, -0.25) is 9.69 Å². The Hall–Kier alpha value is -1.85. The first-order valence-corrected chi connectivity index (χ1v) is 8.99. The maximum atomic E-state index is 12.1. The van der Waals surface area contributed by atoms with E-state index in [-0.39, 0.29) is 29.5 Å². The molecule has 2 atom stereocenters. The smallest absolute Gasteiger partial charge is 0.354 e. The number of fused-ring (bicyclic) bond motifs is 1. The quantitative estimate of drug-likeness (QED) is 0.523. The molecule has 0 radical (unpaired) electrons. The van der Waals surface area contributed by atoms with Crippen molar-refractivity contribution in [3.05, 3.63) is 22.6 Å². The van der Waals surface area contributed by atoms with E-state index in [1.807, 2.05) is 6.92 Å². The molecule has 0 spiro atoms. The fourth-order valence-electron chi connectivity index (χ4n) is 2.50. The van der Waals surface area contributed by atoms with Crippen LogP contribution in [0.4, 0.5) is 0 Å². The number of rotatable bonds is 7. The monoisotopic (exact) mass is 369 g/mol. The molecule has 1 saturated heterocycles. The van der Waals surface area contributed by atoms with Crippen molar-refractivity contribution in [2.75, 3.05) is 12.4 Å². The second-order valence-corrected chi connectivity index (χ2v) is 7.61. The Morgan fingerprint density at radius 2 is 2.17 bits per heavy atom. The van der Waals surface area contributed by atoms with Crippen LogP contribution in [0.15, 0.2) is 27.7 Å². The number of aliphatic carboxylic acids is 1. The standard InChI is InChI=1S/C13H15N5O4S2/c1-7(16-17-5-14-15-6-17)4-23-13-9(12(21)22)18-10(20)8(2-3-19)11(18)24-13/h5-6,8,11,19H,2-4H2,1H3,(H,21,22)/t8-,11+/m0/s1.